The van der Waals surface area contributed by atoms with Gasteiger partial charge in [0.2, 0.25) is 0 Å². The van der Waals surface area contributed by atoms with E-state index in [-0.39, 0.29) is 12.5 Å². The number of rotatable bonds is 13. The first-order valence-corrected chi connectivity index (χ1v) is 12.9. The molecule has 3 rings (SSSR count). The topological polar surface area (TPSA) is 101 Å². The quantitative estimate of drug-likeness (QED) is 0.391. The van der Waals surface area contributed by atoms with E-state index in [0.29, 0.717) is 42.9 Å². The average Bonchev–Trinajstić information content (AvgIpc) is 3.41. The molecular formula is C29H40N4O4. The molecule has 0 radical (unpaired) electrons. The minimum Gasteiger partial charge on any atom is -0.497 e. The Hall–Kier alpha value is -3.23. The number of hydrogen-bond acceptors (Lipinski definition) is 6. The fraction of sp³-hybridized carbons (Fsp3) is 0.483. The largest absolute Gasteiger partial charge is 0.497 e. The molecule has 0 saturated heterocycles. The molecule has 2 heterocycles. The zero-order valence-electron chi connectivity index (χ0n) is 22.6. The Kier molecular flexibility index (Phi) is 9.83. The number of carbonyl (C=O) groups excluding carboxylic acids is 1. The highest BCUT2D eigenvalue weighted by Crippen LogP contribution is 2.46. The van der Waals surface area contributed by atoms with Crippen molar-refractivity contribution in [2.75, 3.05) is 25.2 Å². The normalized spacial score (nSPS) is 18.4. The Morgan fingerprint density at radius 2 is 2.00 bits per heavy atom. The van der Waals surface area contributed by atoms with Gasteiger partial charge in [0.05, 0.1) is 18.5 Å². The summed E-state index contributed by atoms with van der Waals surface area (Å²) in [5.74, 6) is -0.188. The van der Waals surface area contributed by atoms with Crippen molar-refractivity contribution in [3.8, 4) is 5.75 Å². The van der Waals surface area contributed by atoms with Crippen molar-refractivity contribution < 1.29 is 19.7 Å². The molecule has 8 nitrogen and oxygen atoms in total. The van der Waals surface area contributed by atoms with Crippen molar-refractivity contribution in [2.45, 2.75) is 65.5 Å². The fourth-order valence-electron chi connectivity index (χ4n) is 4.50. The van der Waals surface area contributed by atoms with Crippen LogP contribution in [0.2, 0.25) is 0 Å². The summed E-state index contributed by atoms with van der Waals surface area (Å²) in [5, 5.41) is 29.0. The second kappa shape index (κ2) is 12.8. The molecule has 0 unspecified atom stereocenters. The molecule has 200 valence electrons. The number of hydrogen-bond donors (Lipinski definition) is 2. The smallest absolute Gasteiger partial charge is 0.264 e. The predicted octanol–water partition coefficient (Wildman–Crippen LogP) is 4.33. The maximum atomic E-state index is 13.7. The Balaban J connectivity index is 1.76. The van der Waals surface area contributed by atoms with Gasteiger partial charge in [-0.05, 0) is 58.2 Å². The second-order valence-corrected chi connectivity index (χ2v) is 9.89. The van der Waals surface area contributed by atoms with E-state index in [1.54, 1.807) is 22.8 Å². The number of carbonyl (C=O) groups is 1. The lowest BCUT2D eigenvalue weighted by Gasteiger charge is -2.27. The Labute approximate surface area is 219 Å². The molecule has 1 aliphatic heterocycles. The van der Waals surface area contributed by atoms with Crippen molar-refractivity contribution in [1.82, 2.24) is 15.0 Å². The molecule has 2 atom stereocenters. The Bertz CT molecular complexity index is 1160. The van der Waals surface area contributed by atoms with E-state index in [1.165, 1.54) is 11.1 Å². The monoisotopic (exact) mass is 508 g/mol. The van der Waals surface area contributed by atoms with Gasteiger partial charge in [-0.3, -0.25) is 9.48 Å². The maximum absolute atomic E-state index is 13.7. The molecule has 0 spiro atoms. The van der Waals surface area contributed by atoms with Gasteiger partial charge in [-0.25, -0.2) is 0 Å². The van der Waals surface area contributed by atoms with Crippen LogP contribution in [0.25, 0.3) is 0 Å². The van der Waals surface area contributed by atoms with E-state index in [0.717, 1.165) is 18.5 Å². The minimum atomic E-state index is -1.69. The summed E-state index contributed by atoms with van der Waals surface area (Å²) in [6, 6.07) is 5.43. The molecule has 0 fully saturated rings. The van der Waals surface area contributed by atoms with Gasteiger partial charge in [-0.2, -0.15) is 0 Å². The number of ether oxygens (including phenoxy) is 1. The Morgan fingerprint density at radius 3 is 2.70 bits per heavy atom. The number of methoxy groups -OCH3 is 1. The number of allylic oxidation sites excluding steroid dienone is 4. The number of aryl methyl sites for hydroxylation is 1. The number of aromatic nitrogens is 3. The second-order valence-electron chi connectivity index (χ2n) is 9.89. The van der Waals surface area contributed by atoms with Crippen LogP contribution in [-0.2, 0) is 23.4 Å². The van der Waals surface area contributed by atoms with Gasteiger partial charge in [0.15, 0.2) is 5.60 Å². The highest BCUT2D eigenvalue weighted by atomic mass is 16.5. The molecule has 1 aliphatic rings. The number of anilines is 1. The van der Waals surface area contributed by atoms with Gasteiger partial charge in [0.1, 0.15) is 5.75 Å². The summed E-state index contributed by atoms with van der Waals surface area (Å²) in [5.41, 5.74) is 2.84. The maximum Gasteiger partial charge on any atom is 0.264 e. The summed E-state index contributed by atoms with van der Waals surface area (Å²) in [7, 11) is 1.58. The van der Waals surface area contributed by atoms with E-state index in [2.05, 4.69) is 43.2 Å². The number of aliphatic hydroxyl groups excluding tert-OH is 1. The third kappa shape index (κ3) is 6.76. The fourth-order valence-corrected chi connectivity index (χ4v) is 4.50. The van der Waals surface area contributed by atoms with Crippen molar-refractivity contribution in [3.63, 3.8) is 0 Å². The summed E-state index contributed by atoms with van der Waals surface area (Å²) < 4.78 is 7.13. The van der Waals surface area contributed by atoms with E-state index in [4.69, 9.17) is 9.84 Å². The molecule has 8 heteroatoms. The molecule has 0 saturated carbocycles. The number of fused-ring (bicyclic) bond motifs is 1. The van der Waals surface area contributed by atoms with E-state index in [1.807, 2.05) is 37.4 Å². The van der Waals surface area contributed by atoms with Crippen LogP contribution < -0.4 is 9.64 Å². The van der Waals surface area contributed by atoms with E-state index >= 15 is 0 Å². The van der Waals surface area contributed by atoms with Crippen LogP contribution in [0.3, 0.4) is 0 Å². The first kappa shape index (κ1) is 28.3. The van der Waals surface area contributed by atoms with Crippen LogP contribution >= 0.6 is 0 Å². The molecular weight excluding hydrogens is 468 g/mol. The SMILES string of the molecule is COc1ccc2c(c1)[C@@](O)([C@H](C)/C=C/CCn1cc(CCO)nn1)C(=O)N2C/C=C(\C)CCC=C(C)C. The van der Waals surface area contributed by atoms with Gasteiger partial charge >= 0.3 is 0 Å². The van der Waals surface area contributed by atoms with Crippen molar-refractivity contribution in [1.29, 1.82) is 0 Å². The van der Waals surface area contributed by atoms with E-state index in [9.17, 15) is 9.90 Å². The summed E-state index contributed by atoms with van der Waals surface area (Å²) >= 11 is 0. The van der Waals surface area contributed by atoms with Crippen LogP contribution in [0.15, 0.2) is 59.8 Å². The van der Waals surface area contributed by atoms with Crippen molar-refractivity contribution in [2.24, 2.45) is 5.92 Å². The standard InChI is InChI=1S/C29H40N4O4/c1-21(2)9-8-10-22(3)14-17-33-27-13-12-25(37-5)19-26(27)29(36,28(33)35)23(4)11-6-7-16-32-20-24(15-18-34)30-31-32/h6,9,11-14,19-20,23,34,36H,7-8,10,15-18H2,1-5H3/b11-6+,22-14+/t23-,29+/m1/s1. The number of aliphatic hydroxyl groups is 2. The zero-order valence-corrected chi connectivity index (χ0v) is 22.6. The Morgan fingerprint density at radius 1 is 1.22 bits per heavy atom. The van der Waals surface area contributed by atoms with Gasteiger partial charge in [-0.1, -0.05) is 47.6 Å². The average molecular weight is 509 g/mol. The summed E-state index contributed by atoms with van der Waals surface area (Å²) in [6.07, 6.45) is 13.0. The lowest BCUT2D eigenvalue weighted by Crippen LogP contribution is -2.44. The van der Waals surface area contributed by atoms with Crippen LogP contribution in [0.5, 0.6) is 5.75 Å². The minimum absolute atomic E-state index is 0.0389. The molecule has 37 heavy (non-hydrogen) atoms. The summed E-state index contributed by atoms with van der Waals surface area (Å²) in [4.78, 5) is 15.3. The van der Waals surface area contributed by atoms with Gasteiger partial charge in [-0.15, -0.1) is 5.10 Å². The molecule has 1 amide bonds. The highest BCUT2D eigenvalue weighted by molar-refractivity contribution is 6.07. The number of benzene rings is 1. The molecule has 1 aromatic heterocycles. The predicted molar refractivity (Wildman–Crippen MR) is 145 cm³/mol. The lowest BCUT2D eigenvalue weighted by atomic mass is 9.83. The van der Waals surface area contributed by atoms with Crippen molar-refractivity contribution >= 4 is 11.6 Å². The first-order valence-electron chi connectivity index (χ1n) is 12.9. The van der Waals surface area contributed by atoms with Crippen molar-refractivity contribution in [3.05, 3.63) is 71.1 Å². The number of amides is 1. The molecule has 2 N–H and O–H groups in total. The van der Waals surface area contributed by atoms with Gasteiger partial charge in [0, 0.05) is 43.8 Å². The van der Waals surface area contributed by atoms with Crippen LogP contribution in [-0.4, -0.2) is 51.4 Å². The molecule has 1 aromatic carbocycles. The first-order chi connectivity index (χ1) is 17.7. The van der Waals surface area contributed by atoms with Crippen LogP contribution in [0.4, 0.5) is 5.69 Å². The van der Waals surface area contributed by atoms with Crippen LogP contribution in [0.1, 0.15) is 58.2 Å². The third-order valence-corrected chi connectivity index (χ3v) is 6.75. The highest BCUT2D eigenvalue weighted by Gasteiger charge is 2.52. The van der Waals surface area contributed by atoms with Gasteiger partial charge in [0.25, 0.3) is 5.91 Å². The van der Waals surface area contributed by atoms with Crippen LogP contribution in [0, 0.1) is 5.92 Å². The summed E-state index contributed by atoms with van der Waals surface area (Å²) in [6.45, 7) is 9.17. The molecule has 2 aromatic rings. The zero-order chi connectivity index (χ0) is 27.0. The molecule has 0 aliphatic carbocycles. The number of nitrogens with zero attached hydrogens (tertiary/aromatic N) is 4. The van der Waals surface area contributed by atoms with E-state index < -0.39 is 11.5 Å². The third-order valence-electron chi connectivity index (χ3n) is 6.75. The lowest BCUT2D eigenvalue weighted by molar-refractivity contribution is -0.139. The van der Waals surface area contributed by atoms with Gasteiger partial charge < -0.3 is 19.8 Å². The molecule has 0 bridgehead atoms.